The summed E-state index contributed by atoms with van der Waals surface area (Å²) in [6, 6.07) is 11.4. The fourth-order valence-electron chi connectivity index (χ4n) is 2.61. The normalized spacial score (nSPS) is 14.3. The quantitative estimate of drug-likeness (QED) is 0.861. The molecule has 0 saturated carbocycles. The van der Waals surface area contributed by atoms with Gasteiger partial charge in [-0.2, -0.15) is 0 Å². The summed E-state index contributed by atoms with van der Waals surface area (Å²) in [6.45, 7) is 1.23. The van der Waals surface area contributed by atoms with Crippen molar-refractivity contribution < 1.29 is 9.59 Å². The lowest BCUT2D eigenvalue weighted by Crippen LogP contribution is -2.23. The SMILES string of the molecule is O=C(/C=C/c1cccnc1)NCc1ccc(N2CCCC2=O)cc1. The van der Waals surface area contributed by atoms with Crippen molar-refractivity contribution >= 4 is 23.6 Å². The largest absolute Gasteiger partial charge is 0.348 e. The van der Waals surface area contributed by atoms with Gasteiger partial charge in [-0.05, 0) is 41.8 Å². The lowest BCUT2D eigenvalue weighted by atomic mass is 10.2. The molecule has 0 spiro atoms. The number of amides is 2. The zero-order valence-corrected chi connectivity index (χ0v) is 13.3. The Morgan fingerprint density at radius 1 is 1.25 bits per heavy atom. The molecule has 0 bridgehead atoms. The molecule has 1 N–H and O–H groups in total. The summed E-state index contributed by atoms with van der Waals surface area (Å²) < 4.78 is 0. The Kier molecular flexibility index (Phi) is 5.01. The molecule has 1 aliphatic heterocycles. The lowest BCUT2D eigenvalue weighted by Gasteiger charge is -2.15. The van der Waals surface area contributed by atoms with Crippen molar-refractivity contribution in [2.24, 2.45) is 0 Å². The maximum Gasteiger partial charge on any atom is 0.244 e. The third-order valence-electron chi connectivity index (χ3n) is 3.90. The van der Waals surface area contributed by atoms with Gasteiger partial charge in [0.2, 0.25) is 11.8 Å². The topological polar surface area (TPSA) is 62.3 Å². The molecule has 2 aromatic rings. The number of pyridine rings is 1. The molecule has 0 aliphatic carbocycles. The van der Waals surface area contributed by atoms with Gasteiger partial charge < -0.3 is 10.2 Å². The monoisotopic (exact) mass is 321 g/mol. The molecule has 24 heavy (non-hydrogen) atoms. The van der Waals surface area contributed by atoms with Gasteiger partial charge in [0.25, 0.3) is 0 Å². The van der Waals surface area contributed by atoms with Crippen LogP contribution in [0.5, 0.6) is 0 Å². The molecule has 122 valence electrons. The molecule has 3 rings (SSSR count). The van der Waals surface area contributed by atoms with Crippen LogP contribution < -0.4 is 10.2 Å². The van der Waals surface area contributed by atoms with Crippen molar-refractivity contribution in [3.63, 3.8) is 0 Å². The smallest absolute Gasteiger partial charge is 0.244 e. The summed E-state index contributed by atoms with van der Waals surface area (Å²) in [4.78, 5) is 29.4. The highest BCUT2D eigenvalue weighted by Crippen LogP contribution is 2.21. The Balaban J connectivity index is 1.52. The fourth-order valence-corrected chi connectivity index (χ4v) is 2.61. The molecule has 5 nitrogen and oxygen atoms in total. The van der Waals surface area contributed by atoms with E-state index in [0.717, 1.165) is 29.8 Å². The highest BCUT2D eigenvalue weighted by molar-refractivity contribution is 5.95. The van der Waals surface area contributed by atoms with Crippen LogP contribution in [0.15, 0.2) is 54.9 Å². The molecule has 2 heterocycles. The minimum Gasteiger partial charge on any atom is -0.348 e. The number of hydrogen-bond donors (Lipinski definition) is 1. The molecule has 2 amide bonds. The van der Waals surface area contributed by atoms with Crippen molar-refractivity contribution in [3.05, 3.63) is 66.0 Å². The van der Waals surface area contributed by atoms with E-state index < -0.39 is 0 Å². The molecule has 0 radical (unpaired) electrons. The number of hydrogen-bond acceptors (Lipinski definition) is 3. The predicted octanol–water partition coefficient (Wildman–Crippen LogP) is 2.54. The van der Waals surface area contributed by atoms with E-state index in [2.05, 4.69) is 10.3 Å². The van der Waals surface area contributed by atoms with E-state index in [1.807, 2.05) is 36.4 Å². The van der Waals surface area contributed by atoms with Crippen LogP contribution in [-0.2, 0) is 16.1 Å². The maximum atomic E-state index is 11.8. The zero-order valence-electron chi connectivity index (χ0n) is 13.3. The van der Waals surface area contributed by atoms with Crippen LogP contribution in [0, 0.1) is 0 Å². The minimum absolute atomic E-state index is 0.155. The second-order valence-corrected chi connectivity index (χ2v) is 5.65. The predicted molar refractivity (Wildman–Crippen MR) is 93.1 cm³/mol. The highest BCUT2D eigenvalue weighted by atomic mass is 16.2. The molecule has 1 aromatic heterocycles. The molecule has 0 unspecified atom stereocenters. The first kappa shape index (κ1) is 15.9. The second-order valence-electron chi connectivity index (χ2n) is 5.65. The van der Waals surface area contributed by atoms with Crippen LogP contribution in [0.4, 0.5) is 5.69 Å². The van der Waals surface area contributed by atoms with Gasteiger partial charge in [0.1, 0.15) is 0 Å². The first-order chi connectivity index (χ1) is 11.7. The Labute approximate surface area is 141 Å². The van der Waals surface area contributed by atoms with E-state index in [1.54, 1.807) is 23.4 Å². The van der Waals surface area contributed by atoms with E-state index in [0.29, 0.717) is 13.0 Å². The molecule has 1 aliphatic rings. The van der Waals surface area contributed by atoms with E-state index in [4.69, 9.17) is 0 Å². The molecule has 5 heteroatoms. The Morgan fingerprint density at radius 3 is 2.75 bits per heavy atom. The van der Waals surface area contributed by atoms with Gasteiger partial charge in [-0.3, -0.25) is 14.6 Å². The lowest BCUT2D eigenvalue weighted by molar-refractivity contribution is -0.117. The van der Waals surface area contributed by atoms with E-state index in [-0.39, 0.29) is 11.8 Å². The Hall–Kier alpha value is -2.95. The highest BCUT2D eigenvalue weighted by Gasteiger charge is 2.21. The first-order valence-corrected chi connectivity index (χ1v) is 7.97. The summed E-state index contributed by atoms with van der Waals surface area (Å²) in [7, 11) is 0. The number of anilines is 1. The van der Waals surface area contributed by atoms with Crippen LogP contribution in [0.2, 0.25) is 0 Å². The van der Waals surface area contributed by atoms with E-state index in [1.165, 1.54) is 6.08 Å². The molecular weight excluding hydrogens is 302 g/mol. The maximum absolute atomic E-state index is 11.8. The third kappa shape index (κ3) is 4.07. The van der Waals surface area contributed by atoms with E-state index in [9.17, 15) is 9.59 Å². The number of nitrogens with zero attached hydrogens (tertiary/aromatic N) is 2. The second kappa shape index (κ2) is 7.55. The van der Waals surface area contributed by atoms with Gasteiger partial charge in [0.15, 0.2) is 0 Å². The fraction of sp³-hybridized carbons (Fsp3) is 0.211. The molecule has 1 fully saturated rings. The number of benzene rings is 1. The minimum atomic E-state index is -0.155. The van der Waals surface area contributed by atoms with Crippen LogP contribution >= 0.6 is 0 Å². The Bertz CT molecular complexity index is 739. The van der Waals surface area contributed by atoms with Crippen molar-refractivity contribution in [2.45, 2.75) is 19.4 Å². The number of carbonyl (C=O) groups excluding carboxylic acids is 2. The molecular formula is C19H19N3O2. The number of aromatic nitrogens is 1. The average Bonchev–Trinajstić information content (AvgIpc) is 3.05. The first-order valence-electron chi connectivity index (χ1n) is 7.97. The number of nitrogens with one attached hydrogen (secondary N) is 1. The van der Waals surface area contributed by atoms with Crippen molar-refractivity contribution in [3.8, 4) is 0 Å². The average molecular weight is 321 g/mol. The number of rotatable bonds is 5. The zero-order chi connectivity index (χ0) is 16.8. The van der Waals surface area contributed by atoms with Gasteiger partial charge >= 0.3 is 0 Å². The number of carbonyl (C=O) groups is 2. The van der Waals surface area contributed by atoms with Crippen molar-refractivity contribution in [1.29, 1.82) is 0 Å². The molecule has 1 saturated heterocycles. The van der Waals surface area contributed by atoms with Gasteiger partial charge in [-0.1, -0.05) is 18.2 Å². The van der Waals surface area contributed by atoms with Crippen LogP contribution in [0.3, 0.4) is 0 Å². The summed E-state index contributed by atoms with van der Waals surface area (Å²) in [5.41, 5.74) is 2.80. The summed E-state index contributed by atoms with van der Waals surface area (Å²) in [5.74, 6) is 0.0224. The molecule has 0 atom stereocenters. The van der Waals surface area contributed by atoms with Gasteiger partial charge in [-0.15, -0.1) is 0 Å². The third-order valence-corrected chi connectivity index (χ3v) is 3.90. The summed E-state index contributed by atoms with van der Waals surface area (Å²) in [6.07, 6.45) is 8.15. The molecule has 1 aromatic carbocycles. The summed E-state index contributed by atoms with van der Waals surface area (Å²) in [5, 5.41) is 2.84. The van der Waals surface area contributed by atoms with Crippen LogP contribution in [0.25, 0.3) is 6.08 Å². The van der Waals surface area contributed by atoms with Gasteiger partial charge in [0.05, 0.1) is 0 Å². The summed E-state index contributed by atoms with van der Waals surface area (Å²) >= 11 is 0. The van der Waals surface area contributed by atoms with Crippen LogP contribution in [0.1, 0.15) is 24.0 Å². The van der Waals surface area contributed by atoms with E-state index >= 15 is 0 Å². The Morgan fingerprint density at radius 2 is 2.08 bits per heavy atom. The van der Waals surface area contributed by atoms with Crippen molar-refractivity contribution in [2.75, 3.05) is 11.4 Å². The van der Waals surface area contributed by atoms with Gasteiger partial charge in [0, 0.05) is 43.7 Å². The van der Waals surface area contributed by atoms with Crippen molar-refractivity contribution in [1.82, 2.24) is 10.3 Å². The van der Waals surface area contributed by atoms with Gasteiger partial charge in [-0.25, -0.2) is 0 Å². The standard InChI is InChI=1S/C19H19N3O2/c23-18(10-7-15-3-1-11-20-13-15)21-14-16-5-8-17(9-6-16)22-12-2-4-19(22)24/h1,3,5-11,13H,2,4,12,14H2,(H,21,23)/b10-7+. The van der Waals surface area contributed by atoms with Crippen LogP contribution in [-0.4, -0.2) is 23.3 Å².